The molecule has 0 radical (unpaired) electrons. The van der Waals surface area contributed by atoms with Gasteiger partial charge in [-0.25, -0.2) is 13.6 Å². The highest BCUT2D eigenvalue weighted by Gasteiger charge is 2.45. The second-order valence-electron chi connectivity index (χ2n) is 6.22. The molecule has 1 saturated carbocycles. The van der Waals surface area contributed by atoms with Crippen molar-refractivity contribution < 1.29 is 13.2 Å². The third-order valence-corrected chi connectivity index (χ3v) is 5.83. The van der Waals surface area contributed by atoms with Crippen LogP contribution in [0.25, 0.3) is 0 Å². The number of halogens is 1. The van der Waals surface area contributed by atoms with Crippen LogP contribution in [-0.2, 0) is 10.0 Å². The molecule has 1 aromatic carbocycles. The molecule has 0 aromatic heterocycles. The molecule has 1 atom stereocenters. The normalized spacial score (nSPS) is 20.1. The average Bonchev–Trinajstić information content (AvgIpc) is 2.96. The fraction of sp³-hybridized carbons (Fsp3) is 0.500. The third-order valence-electron chi connectivity index (χ3n) is 4.12. The van der Waals surface area contributed by atoms with Crippen LogP contribution in [0.5, 0.6) is 0 Å². The van der Waals surface area contributed by atoms with Gasteiger partial charge in [0.1, 0.15) is 0 Å². The molecule has 7 heteroatoms. The molecule has 1 aromatic rings. The molecule has 3 N–H and O–H groups in total. The van der Waals surface area contributed by atoms with Crippen LogP contribution in [0.3, 0.4) is 0 Å². The number of carbonyl (C=O) groups excluding carboxylic acids is 1. The van der Waals surface area contributed by atoms with E-state index in [0.717, 1.165) is 6.42 Å². The first-order chi connectivity index (χ1) is 9.52. The van der Waals surface area contributed by atoms with E-state index in [1.165, 1.54) is 12.1 Å². The molecular formula is C14H19BrN2O3S. The predicted molar refractivity (Wildman–Crippen MR) is 84.5 cm³/mol. The molecule has 2 rings (SSSR count). The SMILES string of the molecule is Cc1c(Br)cc(S(N)(=O)=O)cc1C(=O)NCC1CC1(C)C. The summed E-state index contributed by atoms with van der Waals surface area (Å²) in [5.74, 6) is 0.202. The van der Waals surface area contributed by atoms with Gasteiger partial charge in [0.2, 0.25) is 10.0 Å². The summed E-state index contributed by atoms with van der Waals surface area (Å²) in [5.41, 5.74) is 1.30. The number of nitrogens with one attached hydrogen (secondary N) is 1. The maximum absolute atomic E-state index is 12.3. The Hall–Kier alpha value is -0.920. The van der Waals surface area contributed by atoms with Crippen molar-refractivity contribution in [3.05, 3.63) is 27.7 Å². The second kappa shape index (κ2) is 5.37. The summed E-state index contributed by atoms with van der Waals surface area (Å²) in [6, 6.07) is 2.73. The Morgan fingerprint density at radius 3 is 2.52 bits per heavy atom. The van der Waals surface area contributed by atoms with E-state index >= 15 is 0 Å². The number of primary sulfonamides is 1. The van der Waals surface area contributed by atoms with Crippen LogP contribution in [0.4, 0.5) is 0 Å². The van der Waals surface area contributed by atoms with Gasteiger partial charge in [-0.15, -0.1) is 0 Å². The Bertz CT molecular complexity index is 698. The molecule has 0 bridgehead atoms. The number of hydrogen-bond donors (Lipinski definition) is 2. The second-order valence-corrected chi connectivity index (χ2v) is 8.64. The largest absolute Gasteiger partial charge is 0.352 e. The van der Waals surface area contributed by atoms with Crippen LogP contribution in [0.15, 0.2) is 21.5 Å². The van der Waals surface area contributed by atoms with Crippen LogP contribution in [0, 0.1) is 18.3 Å². The molecule has 0 saturated heterocycles. The number of nitrogens with two attached hydrogens (primary N) is 1. The minimum atomic E-state index is -3.85. The Kier molecular flexibility index (Phi) is 4.21. The van der Waals surface area contributed by atoms with Crippen LogP contribution in [0.2, 0.25) is 0 Å². The van der Waals surface area contributed by atoms with Crippen molar-refractivity contribution in [3.63, 3.8) is 0 Å². The van der Waals surface area contributed by atoms with Crippen LogP contribution in [0.1, 0.15) is 36.2 Å². The van der Waals surface area contributed by atoms with Crippen LogP contribution < -0.4 is 10.5 Å². The van der Waals surface area contributed by atoms with Crippen LogP contribution >= 0.6 is 15.9 Å². The highest BCUT2D eigenvalue weighted by Crippen LogP contribution is 2.51. The van der Waals surface area contributed by atoms with Crippen LogP contribution in [-0.4, -0.2) is 20.9 Å². The molecule has 116 valence electrons. The number of benzene rings is 1. The quantitative estimate of drug-likeness (QED) is 0.845. The van der Waals surface area contributed by atoms with E-state index < -0.39 is 10.0 Å². The van der Waals surface area contributed by atoms with E-state index in [9.17, 15) is 13.2 Å². The predicted octanol–water partition coefficient (Wildman–Crippen LogP) is 2.18. The maximum Gasteiger partial charge on any atom is 0.251 e. The zero-order chi connectivity index (χ0) is 16.0. The van der Waals surface area contributed by atoms with Gasteiger partial charge in [-0.1, -0.05) is 29.8 Å². The molecule has 1 amide bonds. The minimum Gasteiger partial charge on any atom is -0.352 e. The van der Waals surface area contributed by atoms with Crippen molar-refractivity contribution >= 4 is 31.9 Å². The number of hydrogen-bond acceptors (Lipinski definition) is 3. The average molecular weight is 375 g/mol. The minimum absolute atomic E-state index is 0.0723. The molecule has 1 aliphatic rings. The zero-order valence-electron chi connectivity index (χ0n) is 12.2. The number of sulfonamides is 1. The fourth-order valence-electron chi connectivity index (χ4n) is 2.29. The Labute approximate surface area is 133 Å². The molecule has 0 heterocycles. The molecule has 0 spiro atoms. The lowest BCUT2D eigenvalue weighted by molar-refractivity contribution is 0.0949. The van der Waals surface area contributed by atoms with E-state index in [0.29, 0.717) is 28.1 Å². The number of carbonyl (C=O) groups is 1. The van der Waals surface area contributed by atoms with Gasteiger partial charge in [-0.05, 0) is 42.4 Å². The molecule has 5 nitrogen and oxygen atoms in total. The summed E-state index contributed by atoms with van der Waals surface area (Å²) in [5, 5.41) is 8.00. The van der Waals surface area contributed by atoms with Gasteiger partial charge in [0, 0.05) is 16.6 Å². The van der Waals surface area contributed by atoms with Gasteiger partial charge in [0.15, 0.2) is 0 Å². The summed E-state index contributed by atoms with van der Waals surface area (Å²) in [6.07, 6.45) is 1.09. The van der Waals surface area contributed by atoms with Gasteiger partial charge in [-0.3, -0.25) is 4.79 Å². The lowest BCUT2D eigenvalue weighted by Gasteiger charge is -2.11. The van der Waals surface area contributed by atoms with E-state index in [-0.39, 0.29) is 16.2 Å². The first kappa shape index (κ1) is 16.5. The van der Waals surface area contributed by atoms with E-state index in [1.807, 2.05) is 0 Å². The van der Waals surface area contributed by atoms with Crippen molar-refractivity contribution in [1.29, 1.82) is 0 Å². The van der Waals surface area contributed by atoms with Crippen molar-refractivity contribution in [2.24, 2.45) is 16.5 Å². The van der Waals surface area contributed by atoms with Gasteiger partial charge in [0.25, 0.3) is 5.91 Å². The smallest absolute Gasteiger partial charge is 0.251 e. The first-order valence-electron chi connectivity index (χ1n) is 6.63. The van der Waals surface area contributed by atoms with E-state index in [1.54, 1.807) is 6.92 Å². The number of amides is 1. The molecule has 0 aliphatic heterocycles. The molecular weight excluding hydrogens is 356 g/mol. The standard InChI is InChI=1S/C14H19BrN2O3S/c1-8-11(4-10(5-12(8)15)21(16,19)20)13(18)17-7-9-6-14(9,2)3/h4-5,9H,6-7H2,1-3H3,(H,17,18)(H2,16,19,20). The summed E-state index contributed by atoms with van der Waals surface area (Å²) in [6.45, 7) is 6.68. The van der Waals surface area contributed by atoms with Gasteiger partial charge < -0.3 is 5.32 Å². The Balaban J connectivity index is 2.22. The monoisotopic (exact) mass is 374 g/mol. The van der Waals surface area contributed by atoms with E-state index in [2.05, 4.69) is 35.1 Å². The number of rotatable bonds is 4. The van der Waals surface area contributed by atoms with Crippen molar-refractivity contribution in [2.75, 3.05) is 6.54 Å². The van der Waals surface area contributed by atoms with Crippen molar-refractivity contribution in [1.82, 2.24) is 5.32 Å². The van der Waals surface area contributed by atoms with Crippen molar-refractivity contribution in [2.45, 2.75) is 32.1 Å². The Morgan fingerprint density at radius 1 is 1.48 bits per heavy atom. The molecule has 1 unspecified atom stereocenters. The maximum atomic E-state index is 12.3. The van der Waals surface area contributed by atoms with Gasteiger partial charge in [0.05, 0.1) is 4.90 Å². The van der Waals surface area contributed by atoms with E-state index in [4.69, 9.17) is 5.14 Å². The van der Waals surface area contributed by atoms with Gasteiger partial charge >= 0.3 is 0 Å². The summed E-state index contributed by atoms with van der Waals surface area (Å²) in [7, 11) is -3.85. The summed E-state index contributed by atoms with van der Waals surface area (Å²) >= 11 is 3.27. The lowest BCUT2D eigenvalue weighted by Crippen LogP contribution is -2.27. The molecule has 1 fully saturated rings. The van der Waals surface area contributed by atoms with Crippen molar-refractivity contribution in [3.8, 4) is 0 Å². The van der Waals surface area contributed by atoms with Gasteiger partial charge in [-0.2, -0.15) is 0 Å². The highest BCUT2D eigenvalue weighted by molar-refractivity contribution is 9.10. The Morgan fingerprint density at radius 2 is 2.05 bits per heavy atom. The topological polar surface area (TPSA) is 89.3 Å². The fourth-order valence-corrected chi connectivity index (χ4v) is 3.47. The highest BCUT2D eigenvalue weighted by atomic mass is 79.9. The third kappa shape index (κ3) is 3.64. The summed E-state index contributed by atoms with van der Waals surface area (Å²) < 4.78 is 23.5. The molecule has 21 heavy (non-hydrogen) atoms. The zero-order valence-corrected chi connectivity index (χ0v) is 14.6. The lowest BCUT2D eigenvalue weighted by atomic mass is 10.1. The first-order valence-corrected chi connectivity index (χ1v) is 8.97. The molecule has 1 aliphatic carbocycles. The summed E-state index contributed by atoms with van der Waals surface area (Å²) in [4.78, 5) is 12.2.